The molecule has 2 atom stereocenters. The third-order valence-corrected chi connectivity index (χ3v) is 7.50. The fraction of sp³-hybridized carbons (Fsp3) is 0.333. The molecule has 0 N–H and O–H groups in total. The molecule has 0 bridgehead atoms. The van der Waals surface area contributed by atoms with Crippen LogP contribution in [0.15, 0.2) is 50.7 Å². The first kappa shape index (κ1) is 23.4. The Hall–Kier alpha value is -1.79. The van der Waals surface area contributed by atoms with Crippen molar-refractivity contribution in [1.82, 2.24) is 9.55 Å². The van der Waals surface area contributed by atoms with Gasteiger partial charge in [-0.05, 0) is 46.7 Å². The van der Waals surface area contributed by atoms with E-state index in [0.717, 1.165) is 17.7 Å². The third kappa shape index (κ3) is 4.24. The van der Waals surface area contributed by atoms with E-state index in [0.29, 0.717) is 30.4 Å². The van der Waals surface area contributed by atoms with Crippen LogP contribution in [0.4, 0.5) is 28.9 Å². The summed E-state index contributed by atoms with van der Waals surface area (Å²) < 4.78 is 55.1. The molecular weight excluding hydrogens is 586 g/mol. The van der Waals surface area contributed by atoms with Gasteiger partial charge in [0.05, 0.1) is 41.8 Å². The lowest BCUT2D eigenvalue weighted by atomic mass is 10.0. The minimum atomic E-state index is -4.72. The van der Waals surface area contributed by atoms with E-state index in [9.17, 15) is 22.4 Å². The molecule has 1 aromatic heterocycles. The van der Waals surface area contributed by atoms with Crippen LogP contribution in [0, 0.1) is 5.82 Å². The van der Waals surface area contributed by atoms with E-state index in [1.807, 2.05) is 26.9 Å². The monoisotopic (exact) mass is 600 g/mol. The number of nitrogens with zero attached hydrogens (tertiary/aromatic N) is 6. The summed E-state index contributed by atoms with van der Waals surface area (Å²) in [6.07, 6.45) is -3.37. The van der Waals surface area contributed by atoms with Crippen molar-refractivity contribution < 1.29 is 17.6 Å². The lowest BCUT2D eigenvalue weighted by Gasteiger charge is -2.33. The minimum Gasteiger partial charge on any atom is -0.363 e. The molecule has 0 saturated heterocycles. The van der Waals surface area contributed by atoms with E-state index in [-0.39, 0.29) is 23.6 Å². The first-order valence-corrected chi connectivity index (χ1v) is 13.7. The summed E-state index contributed by atoms with van der Waals surface area (Å²) in [6, 6.07) is 2.55. The molecule has 2 aromatic rings. The summed E-state index contributed by atoms with van der Waals surface area (Å²) in [5.41, 5.74) is 0.190. The highest BCUT2D eigenvalue weighted by molar-refractivity contribution is 14.2. The van der Waals surface area contributed by atoms with Crippen molar-refractivity contribution in [2.75, 3.05) is 29.9 Å². The molecule has 7 nitrogen and oxygen atoms in total. The fourth-order valence-corrected chi connectivity index (χ4v) is 5.37. The first-order valence-electron chi connectivity index (χ1n) is 9.23. The molecule has 14 heteroatoms. The standard InChI is InChI=1S/C18H15ClF4IN6OP/c1-28(13-3-2-9(20)6-11(13)18(21,22)23)16-10-4-5-29(8-12(10)26-27-16)14-7-25-30(32-24)17(31)15(14)19/h2-3,6-7,16,32H,4-5,8H2,1H3. The van der Waals surface area contributed by atoms with Gasteiger partial charge in [-0.25, -0.2) is 8.84 Å². The van der Waals surface area contributed by atoms with Crippen LogP contribution in [0.1, 0.15) is 12.0 Å². The van der Waals surface area contributed by atoms with Crippen molar-refractivity contribution >= 4 is 51.4 Å². The maximum absolute atomic E-state index is 13.5. The number of azo groups is 1. The zero-order valence-corrected chi connectivity index (χ0v) is 20.3. The summed E-state index contributed by atoms with van der Waals surface area (Å²) in [6.45, 7) is 0.747. The lowest BCUT2D eigenvalue weighted by Crippen LogP contribution is -2.38. The topological polar surface area (TPSA) is 66.1 Å². The van der Waals surface area contributed by atoms with E-state index in [4.69, 9.17) is 11.6 Å². The quantitative estimate of drug-likeness (QED) is 0.274. The number of rotatable bonds is 4. The van der Waals surface area contributed by atoms with Gasteiger partial charge in [0.25, 0.3) is 5.56 Å². The molecule has 0 aliphatic carbocycles. The number of halogens is 6. The van der Waals surface area contributed by atoms with Crippen LogP contribution >= 0.6 is 40.0 Å². The van der Waals surface area contributed by atoms with Crippen LogP contribution in [-0.4, -0.2) is 35.9 Å². The van der Waals surface area contributed by atoms with Gasteiger partial charge in [0.15, 0.2) is 6.17 Å². The smallest absolute Gasteiger partial charge is 0.363 e. The fourth-order valence-electron chi connectivity index (χ4n) is 3.73. The first-order chi connectivity index (χ1) is 15.1. The predicted molar refractivity (Wildman–Crippen MR) is 124 cm³/mol. The third-order valence-electron chi connectivity index (χ3n) is 5.29. The van der Waals surface area contributed by atoms with Gasteiger partial charge in [-0.15, -0.1) is 0 Å². The van der Waals surface area contributed by atoms with Gasteiger partial charge >= 0.3 is 6.18 Å². The molecular formula is C18H15ClF4IN6OP. The van der Waals surface area contributed by atoms with Crippen molar-refractivity contribution in [2.24, 2.45) is 10.2 Å². The number of likely N-dealkylation sites (N-methyl/N-ethyl adjacent to an activating group) is 1. The summed E-state index contributed by atoms with van der Waals surface area (Å²) in [4.78, 5) is 15.5. The Balaban J connectivity index is 1.61. The van der Waals surface area contributed by atoms with Crippen LogP contribution in [-0.2, 0) is 6.18 Å². The second-order valence-electron chi connectivity index (χ2n) is 7.15. The highest BCUT2D eigenvalue weighted by Gasteiger charge is 2.38. The molecule has 0 fully saturated rings. The Labute approximate surface area is 199 Å². The molecule has 2 aliphatic rings. The van der Waals surface area contributed by atoms with Crippen LogP contribution in [0.5, 0.6) is 0 Å². The normalized spacial score (nSPS) is 18.7. The predicted octanol–water partition coefficient (Wildman–Crippen LogP) is 5.24. The highest BCUT2D eigenvalue weighted by Crippen LogP contribution is 2.41. The highest BCUT2D eigenvalue weighted by atomic mass is 127. The minimum absolute atomic E-state index is 0.0537. The Kier molecular flexibility index (Phi) is 6.47. The number of benzene rings is 1. The molecule has 0 amide bonds. The summed E-state index contributed by atoms with van der Waals surface area (Å²) in [7, 11) is 1.47. The molecule has 1 aromatic carbocycles. The zero-order valence-electron chi connectivity index (χ0n) is 16.4. The van der Waals surface area contributed by atoms with Gasteiger partial charge in [0.2, 0.25) is 0 Å². The van der Waals surface area contributed by atoms with Crippen LogP contribution in [0.3, 0.4) is 0 Å². The Morgan fingerprint density at radius 1 is 1.34 bits per heavy atom. The molecule has 2 unspecified atom stereocenters. The zero-order chi connectivity index (χ0) is 23.2. The molecule has 0 spiro atoms. The molecule has 0 saturated carbocycles. The van der Waals surface area contributed by atoms with Crippen molar-refractivity contribution in [3.05, 3.63) is 62.4 Å². The number of alkyl halides is 3. The number of hydrogen-bond donors (Lipinski definition) is 0. The van der Waals surface area contributed by atoms with Crippen LogP contribution in [0.2, 0.25) is 5.02 Å². The van der Waals surface area contributed by atoms with Crippen LogP contribution in [0.25, 0.3) is 0 Å². The lowest BCUT2D eigenvalue weighted by molar-refractivity contribution is -0.137. The van der Waals surface area contributed by atoms with E-state index < -0.39 is 29.3 Å². The van der Waals surface area contributed by atoms with Gasteiger partial charge < -0.3 is 9.80 Å². The van der Waals surface area contributed by atoms with Gasteiger partial charge in [0, 0.05) is 19.2 Å². The molecule has 170 valence electrons. The average Bonchev–Trinajstić information content (AvgIpc) is 3.17. The maximum Gasteiger partial charge on any atom is 0.418 e. The Morgan fingerprint density at radius 2 is 2.09 bits per heavy atom. The summed E-state index contributed by atoms with van der Waals surface area (Å²) in [5, 5.41) is 12.5. The van der Waals surface area contributed by atoms with Gasteiger partial charge in [0.1, 0.15) is 10.8 Å². The van der Waals surface area contributed by atoms with Crippen molar-refractivity contribution in [3.63, 3.8) is 0 Å². The molecule has 4 rings (SSSR count). The van der Waals surface area contributed by atoms with Gasteiger partial charge in [-0.3, -0.25) is 4.79 Å². The second kappa shape index (κ2) is 8.86. The summed E-state index contributed by atoms with van der Waals surface area (Å²) in [5.74, 6) is -0.966. The molecule has 3 heterocycles. The SMILES string of the molecule is CN(c1ccc(F)cc1C(F)(F)F)C1N=NC2=C1CCN(c1cnn(PI)c(=O)c1Cl)C2. The Morgan fingerprint density at radius 3 is 2.78 bits per heavy atom. The van der Waals surface area contributed by atoms with Crippen LogP contribution < -0.4 is 15.4 Å². The van der Waals surface area contributed by atoms with E-state index in [1.54, 1.807) is 0 Å². The van der Waals surface area contributed by atoms with Crippen molar-refractivity contribution in [2.45, 2.75) is 18.8 Å². The average molecular weight is 601 g/mol. The van der Waals surface area contributed by atoms with E-state index in [2.05, 4.69) is 15.3 Å². The molecule has 2 aliphatic heterocycles. The molecule has 0 radical (unpaired) electrons. The van der Waals surface area contributed by atoms with Crippen molar-refractivity contribution in [1.29, 1.82) is 0 Å². The van der Waals surface area contributed by atoms with E-state index >= 15 is 0 Å². The maximum atomic E-state index is 13.5. The van der Waals surface area contributed by atoms with Gasteiger partial charge in [-0.2, -0.15) is 28.5 Å². The Bertz CT molecular complexity index is 1190. The molecule has 32 heavy (non-hydrogen) atoms. The number of anilines is 2. The second-order valence-corrected chi connectivity index (χ2v) is 9.57. The number of hydrogen-bond acceptors (Lipinski definition) is 6. The van der Waals surface area contributed by atoms with Crippen molar-refractivity contribution in [3.8, 4) is 0 Å². The van der Waals surface area contributed by atoms with Gasteiger partial charge in [-0.1, -0.05) is 11.6 Å². The largest absolute Gasteiger partial charge is 0.418 e. The number of aromatic nitrogens is 2. The van der Waals surface area contributed by atoms with E-state index in [1.165, 1.54) is 22.6 Å². The summed E-state index contributed by atoms with van der Waals surface area (Å²) >= 11 is 8.29.